The predicted octanol–water partition coefficient (Wildman–Crippen LogP) is 5.69. The van der Waals surface area contributed by atoms with Gasteiger partial charge < -0.3 is 14.6 Å². The van der Waals surface area contributed by atoms with Crippen LogP contribution in [0, 0.1) is 6.92 Å². The van der Waals surface area contributed by atoms with Crippen molar-refractivity contribution in [3.8, 4) is 11.3 Å². The number of benzene rings is 3. The Bertz CT molecular complexity index is 1580. The van der Waals surface area contributed by atoms with E-state index in [0.29, 0.717) is 49.1 Å². The number of aromatic nitrogens is 2. The van der Waals surface area contributed by atoms with Gasteiger partial charge in [0, 0.05) is 43.1 Å². The lowest BCUT2D eigenvalue weighted by molar-refractivity contribution is 0.0374. The third kappa shape index (κ3) is 6.09. The molecule has 1 N–H and O–H groups in total. The number of carbonyl (C=O) groups is 1. The van der Waals surface area contributed by atoms with Crippen LogP contribution in [0.25, 0.3) is 11.3 Å². The molecule has 8 heteroatoms. The molecule has 1 aliphatic heterocycles. The standard InChI is InChI=1S/C33H37N5O3/c1-23-27(12-9-13-28(23)35-31(39)24-14-16-25(17-15-24)33(2,3)4)29-22-36(5)32(40)30(34-29)38(26-10-7-6-8-11-26)37-18-20-41-21-19-37/h6-17,22H,18-21H2,1-5H3,(H,35,39). The Hall–Kier alpha value is -4.27. The van der Waals surface area contributed by atoms with E-state index in [2.05, 4.69) is 31.1 Å². The van der Waals surface area contributed by atoms with Crippen molar-refractivity contribution in [1.82, 2.24) is 14.6 Å². The molecular formula is C33H37N5O3. The summed E-state index contributed by atoms with van der Waals surface area (Å²) in [7, 11) is 1.74. The van der Waals surface area contributed by atoms with Crippen LogP contribution in [0.1, 0.15) is 42.3 Å². The Labute approximate surface area is 241 Å². The highest BCUT2D eigenvalue weighted by molar-refractivity contribution is 6.05. The number of rotatable bonds is 6. The highest BCUT2D eigenvalue weighted by Gasteiger charge is 2.26. The van der Waals surface area contributed by atoms with Crippen molar-refractivity contribution in [3.63, 3.8) is 0 Å². The molecule has 0 aliphatic carbocycles. The monoisotopic (exact) mass is 551 g/mol. The Morgan fingerprint density at radius 3 is 2.29 bits per heavy atom. The summed E-state index contributed by atoms with van der Waals surface area (Å²) in [6.07, 6.45) is 1.74. The molecule has 8 nitrogen and oxygen atoms in total. The van der Waals surface area contributed by atoms with Crippen LogP contribution in [0.5, 0.6) is 0 Å². The molecule has 0 spiro atoms. The summed E-state index contributed by atoms with van der Waals surface area (Å²) in [5.41, 5.74) is 5.45. The summed E-state index contributed by atoms with van der Waals surface area (Å²) >= 11 is 0. The lowest BCUT2D eigenvalue weighted by Crippen LogP contribution is -2.49. The Morgan fingerprint density at radius 1 is 0.951 bits per heavy atom. The molecule has 1 aliphatic rings. The molecule has 212 valence electrons. The predicted molar refractivity (Wildman–Crippen MR) is 164 cm³/mol. The third-order valence-electron chi connectivity index (χ3n) is 7.40. The topological polar surface area (TPSA) is 79.7 Å². The summed E-state index contributed by atoms with van der Waals surface area (Å²) in [6, 6.07) is 23.2. The maximum atomic E-state index is 13.5. The van der Waals surface area contributed by atoms with Crippen LogP contribution in [0.4, 0.5) is 17.2 Å². The van der Waals surface area contributed by atoms with Crippen molar-refractivity contribution in [3.05, 3.63) is 106 Å². The van der Waals surface area contributed by atoms with Gasteiger partial charge in [-0.1, -0.05) is 63.2 Å². The summed E-state index contributed by atoms with van der Waals surface area (Å²) < 4.78 is 7.14. The molecule has 0 bridgehead atoms. The Morgan fingerprint density at radius 2 is 1.63 bits per heavy atom. The Kier molecular flexibility index (Phi) is 8.06. The maximum absolute atomic E-state index is 13.5. The maximum Gasteiger partial charge on any atom is 0.295 e. The largest absolute Gasteiger partial charge is 0.379 e. The van der Waals surface area contributed by atoms with Crippen molar-refractivity contribution in [1.29, 1.82) is 0 Å². The van der Waals surface area contributed by atoms with Gasteiger partial charge in [0.2, 0.25) is 5.82 Å². The van der Waals surface area contributed by atoms with Crippen LogP contribution in [0.15, 0.2) is 83.8 Å². The van der Waals surface area contributed by atoms with E-state index in [1.54, 1.807) is 17.8 Å². The second kappa shape index (κ2) is 11.7. The molecule has 0 atom stereocenters. The van der Waals surface area contributed by atoms with E-state index >= 15 is 0 Å². The average Bonchev–Trinajstić information content (AvgIpc) is 2.97. The summed E-state index contributed by atoms with van der Waals surface area (Å²) in [5.74, 6) is 0.133. The van der Waals surface area contributed by atoms with Gasteiger partial charge >= 0.3 is 0 Å². The first kappa shape index (κ1) is 28.3. The number of anilines is 3. The number of morpholine rings is 1. The van der Waals surface area contributed by atoms with Crippen molar-refractivity contribution < 1.29 is 9.53 Å². The van der Waals surface area contributed by atoms with Crippen molar-refractivity contribution in [2.75, 3.05) is 36.6 Å². The number of carbonyl (C=O) groups excluding carboxylic acids is 1. The van der Waals surface area contributed by atoms with E-state index in [1.165, 1.54) is 5.56 Å². The van der Waals surface area contributed by atoms with Gasteiger partial charge in [-0.2, -0.15) is 0 Å². The summed E-state index contributed by atoms with van der Waals surface area (Å²) in [4.78, 5) is 31.6. The zero-order valence-electron chi connectivity index (χ0n) is 24.3. The summed E-state index contributed by atoms with van der Waals surface area (Å²) in [6.45, 7) is 10.8. The molecule has 1 amide bonds. The van der Waals surface area contributed by atoms with Crippen LogP contribution in [-0.4, -0.2) is 46.8 Å². The SMILES string of the molecule is Cc1c(NC(=O)c2ccc(C(C)(C)C)cc2)cccc1-c1cn(C)c(=O)c(N(c2ccccc2)N2CCOCC2)n1. The highest BCUT2D eigenvalue weighted by atomic mass is 16.5. The normalized spacial score (nSPS) is 14.1. The van der Waals surface area contributed by atoms with Crippen LogP contribution in [-0.2, 0) is 17.2 Å². The van der Waals surface area contributed by atoms with Gasteiger partial charge in [0.15, 0.2) is 0 Å². The minimum Gasteiger partial charge on any atom is -0.379 e. The number of nitrogens with one attached hydrogen (secondary N) is 1. The number of aryl methyl sites for hydroxylation is 1. The molecule has 0 radical (unpaired) electrons. The molecule has 41 heavy (non-hydrogen) atoms. The molecule has 3 aromatic carbocycles. The molecule has 5 rings (SSSR count). The fraction of sp³-hybridized carbons (Fsp3) is 0.303. The second-order valence-corrected chi connectivity index (χ2v) is 11.3. The fourth-order valence-corrected chi connectivity index (χ4v) is 4.97. The van der Waals surface area contributed by atoms with Gasteiger partial charge in [-0.25, -0.2) is 9.99 Å². The third-order valence-corrected chi connectivity index (χ3v) is 7.40. The van der Waals surface area contributed by atoms with Crippen molar-refractivity contribution in [2.45, 2.75) is 33.1 Å². The Balaban J connectivity index is 1.50. The first-order valence-corrected chi connectivity index (χ1v) is 13.9. The van der Waals surface area contributed by atoms with Crippen LogP contribution in [0.3, 0.4) is 0 Å². The van der Waals surface area contributed by atoms with Crippen LogP contribution < -0.4 is 15.9 Å². The molecule has 1 saturated heterocycles. The van der Waals surface area contributed by atoms with Crippen molar-refractivity contribution >= 4 is 23.1 Å². The number of hydrogen-bond acceptors (Lipinski definition) is 6. The van der Waals surface area contributed by atoms with E-state index in [4.69, 9.17) is 9.72 Å². The molecule has 4 aromatic rings. The van der Waals surface area contributed by atoms with E-state index in [9.17, 15) is 9.59 Å². The van der Waals surface area contributed by atoms with Crippen LogP contribution >= 0.6 is 0 Å². The van der Waals surface area contributed by atoms with Gasteiger partial charge in [0.05, 0.1) is 24.6 Å². The van der Waals surface area contributed by atoms with Gasteiger partial charge in [0.1, 0.15) is 0 Å². The second-order valence-electron chi connectivity index (χ2n) is 11.3. The number of hydrazine groups is 1. The number of hydrogen-bond donors (Lipinski definition) is 1. The quantitative estimate of drug-likeness (QED) is 0.332. The lowest BCUT2D eigenvalue weighted by atomic mass is 9.86. The van der Waals surface area contributed by atoms with Gasteiger partial charge in [-0.15, -0.1) is 0 Å². The number of nitrogens with zero attached hydrogens (tertiary/aromatic N) is 4. The molecule has 2 heterocycles. The van der Waals surface area contributed by atoms with E-state index < -0.39 is 0 Å². The van der Waals surface area contributed by atoms with E-state index in [-0.39, 0.29) is 16.9 Å². The van der Waals surface area contributed by atoms with Gasteiger partial charge in [0.25, 0.3) is 11.5 Å². The van der Waals surface area contributed by atoms with Gasteiger partial charge in [-0.3, -0.25) is 14.6 Å². The van der Waals surface area contributed by atoms with E-state index in [1.807, 2.05) is 84.7 Å². The minimum atomic E-state index is -0.204. The molecule has 1 aromatic heterocycles. The highest BCUT2D eigenvalue weighted by Crippen LogP contribution is 2.31. The lowest BCUT2D eigenvalue weighted by Gasteiger charge is -2.37. The molecular weight excluding hydrogens is 514 g/mol. The molecule has 0 unspecified atom stereocenters. The number of para-hydroxylation sites is 1. The first-order valence-electron chi connectivity index (χ1n) is 13.9. The smallest absolute Gasteiger partial charge is 0.295 e. The molecule has 0 saturated carbocycles. The van der Waals surface area contributed by atoms with Crippen molar-refractivity contribution in [2.24, 2.45) is 7.05 Å². The zero-order chi connectivity index (χ0) is 29.1. The minimum absolute atomic E-state index is 0.0133. The van der Waals surface area contributed by atoms with E-state index in [0.717, 1.165) is 16.8 Å². The number of amides is 1. The van der Waals surface area contributed by atoms with Crippen LogP contribution in [0.2, 0.25) is 0 Å². The zero-order valence-corrected chi connectivity index (χ0v) is 24.3. The first-order chi connectivity index (χ1) is 19.6. The average molecular weight is 552 g/mol. The summed E-state index contributed by atoms with van der Waals surface area (Å²) in [5, 5.41) is 7.07. The fourth-order valence-electron chi connectivity index (χ4n) is 4.97. The number of ether oxygens (including phenoxy) is 1. The van der Waals surface area contributed by atoms with Gasteiger partial charge in [-0.05, 0) is 53.8 Å². The molecule has 1 fully saturated rings.